The second kappa shape index (κ2) is 6.12. The van der Waals surface area contributed by atoms with E-state index in [2.05, 4.69) is 5.10 Å². The quantitative estimate of drug-likeness (QED) is 0.934. The molecule has 0 bridgehead atoms. The highest BCUT2D eigenvalue weighted by Gasteiger charge is 2.23. The average molecular weight is 315 g/mol. The number of aliphatic hydroxyl groups excluding tert-OH is 1. The van der Waals surface area contributed by atoms with Gasteiger partial charge in [-0.05, 0) is 32.4 Å². The minimum Gasteiger partial charge on any atom is -0.388 e. The van der Waals surface area contributed by atoms with Crippen LogP contribution in [0.1, 0.15) is 35.5 Å². The van der Waals surface area contributed by atoms with E-state index in [0.29, 0.717) is 23.0 Å². The largest absolute Gasteiger partial charge is 0.388 e. The van der Waals surface area contributed by atoms with Gasteiger partial charge in [-0.2, -0.15) is 5.10 Å². The predicted molar refractivity (Wildman–Crippen MR) is 77.4 cm³/mol. The lowest BCUT2D eigenvalue weighted by molar-refractivity contribution is 0.165. The Morgan fingerprint density at radius 1 is 1.33 bits per heavy atom. The molecule has 1 atom stereocenters. The van der Waals surface area contributed by atoms with Crippen LogP contribution in [0, 0.1) is 25.5 Å². The molecule has 0 amide bonds. The van der Waals surface area contributed by atoms with Crippen molar-refractivity contribution in [2.45, 2.75) is 39.8 Å². The maximum atomic E-state index is 14.0. The zero-order valence-corrected chi connectivity index (χ0v) is 12.9. The molecule has 114 valence electrons. The molecule has 1 unspecified atom stereocenters. The summed E-state index contributed by atoms with van der Waals surface area (Å²) in [6, 6.07) is 2.50. The van der Waals surface area contributed by atoms with Gasteiger partial charge in [0.1, 0.15) is 11.6 Å². The van der Waals surface area contributed by atoms with Gasteiger partial charge in [0.05, 0.1) is 28.1 Å². The molecular formula is C15H17ClF2N2O. The van der Waals surface area contributed by atoms with E-state index in [4.69, 9.17) is 11.6 Å². The van der Waals surface area contributed by atoms with Crippen LogP contribution in [0.2, 0.25) is 5.02 Å². The zero-order chi connectivity index (χ0) is 15.7. The third-order valence-electron chi connectivity index (χ3n) is 3.49. The van der Waals surface area contributed by atoms with Crippen molar-refractivity contribution in [1.82, 2.24) is 9.78 Å². The van der Waals surface area contributed by atoms with Crippen molar-refractivity contribution in [2.24, 2.45) is 0 Å². The first-order valence-electron chi connectivity index (χ1n) is 6.71. The first kappa shape index (κ1) is 15.9. The first-order chi connectivity index (χ1) is 9.86. The van der Waals surface area contributed by atoms with Crippen molar-refractivity contribution in [3.05, 3.63) is 51.3 Å². The first-order valence-corrected chi connectivity index (χ1v) is 7.08. The van der Waals surface area contributed by atoms with Gasteiger partial charge in [0.25, 0.3) is 0 Å². The summed E-state index contributed by atoms with van der Waals surface area (Å²) in [6.07, 6.45) is -1.31. The minimum absolute atomic E-state index is 0.00477. The molecule has 1 N–H and O–H groups in total. The molecule has 1 heterocycles. The predicted octanol–water partition coefficient (Wildman–Crippen LogP) is 3.73. The SMILES string of the molecule is CCn1nc(C)c(Cl)c1CC(O)c1c(F)ccc(C)c1F. The van der Waals surface area contributed by atoms with Crippen molar-refractivity contribution in [3.63, 3.8) is 0 Å². The summed E-state index contributed by atoms with van der Waals surface area (Å²) in [5.74, 6) is -1.49. The van der Waals surface area contributed by atoms with Gasteiger partial charge in [-0.15, -0.1) is 0 Å². The van der Waals surface area contributed by atoms with E-state index in [0.717, 1.165) is 6.07 Å². The van der Waals surface area contributed by atoms with Gasteiger partial charge in [-0.25, -0.2) is 8.78 Å². The van der Waals surface area contributed by atoms with E-state index in [-0.39, 0.29) is 17.5 Å². The fourth-order valence-corrected chi connectivity index (χ4v) is 2.55. The van der Waals surface area contributed by atoms with Crippen LogP contribution >= 0.6 is 11.6 Å². The van der Waals surface area contributed by atoms with Gasteiger partial charge < -0.3 is 5.11 Å². The van der Waals surface area contributed by atoms with E-state index < -0.39 is 17.7 Å². The Morgan fingerprint density at radius 2 is 2.00 bits per heavy atom. The van der Waals surface area contributed by atoms with Crippen LogP contribution in [0.4, 0.5) is 8.78 Å². The van der Waals surface area contributed by atoms with Gasteiger partial charge in [0.15, 0.2) is 0 Å². The molecule has 0 aliphatic heterocycles. The van der Waals surface area contributed by atoms with Gasteiger partial charge in [-0.3, -0.25) is 4.68 Å². The summed E-state index contributed by atoms with van der Waals surface area (Å²) in [5.41, 5.74) is 1.17. The van der Waals surface area contributed by atoms with Gasteiger partial charge in [0.2, 0.25) is 0 Å². The average Bonchev–Trinajstić information content (AvgIpc) is 2.71. The van der Waals surface area contributed by atoms with E-state index in [1.54, 1.807) is 11.6 Å². The number of halogens is 3. The minimum atomic E-state index is -1.32. The molecule has 0 radical (unpaired) electrons. The summed E-state index contributed by atoms with van der Waals surface area (Å²) in [7, 11) is 0. The molecule has 21 heavy (non-hydrogen) atoms. The lowest BCUT2D eigenvalue weighted by Gasteiger charge is -2.15. The molecule has 3 nitrogen and oxygen atoms in total. The molecule has 2 aromatic rings. The van der Waals surface area contributed by atoms with Crippen LogP contribution in [0.25, 0.3) is 0 Å². The van der Waals surface area contributed by atoms with Crippen molar-refractivity contribution < 1.29 is 13.9 Å². The monoisotopic (exact) mass is 314 g/mol. The van der Waals surface area contributed by atoms with Crippen molar-refractivity contribution in [2.75, 3.05) is 0 Å². The second-order valence-electron chi connectivity index (χ2n) is 4.97. The van der Waals surface area contributed by atoms with E-state index in [1.165, 1.54) is 13.0 Å². The number of nitrogens with zero attached hydrogens (tertiary/aromatic N) is 2. The van der Waals surface area contributed by atoms with Gasteiger partial charge in [-0.1, -0.05) is 17.7 Å². The van der Waals surface area contributed by atoms with Crippen LogP contribution < -0.4 is 0 Å². The number of rotatable bonds is 4. The molecule has 0 saturated heterocycles. The fourth-order valence-electron chi connectivity index (χ4n) is 2.33. The van der Waals surface area contributed by atoms with E-state index >= 15 is 0 Å². The van der Waals surface area contributed by atoms with Crippen molar-refractivity contribution in [1.29, 1.82) is 0 Å². The molecular weight excluding hydrogens is 298 g/mol. The van der Waals surface area contributed by atoms with Gasteiger partial charge in [0, 0.05) is 13.0 Å². The number of aliphatic hydroxyl groups is 1. The molecule has 6 heteroatoms. The Hall–Kier alpha value is -1.46. The molecule has 0 aliphatic carbocycles. The molecule has 2 rings (SSSR count). The lowest BCUT2D eigenvalue weighted by Crippen LogP contribution is -2.12. The Balaban J connectivity index is 2.39. The Kier molecular flexibility index (Phi) is 4.64. The maximum Gasteiger partial charge on any atom is 0.134 e. The highest BCUT2D eigenvalue weighted by Crippen LogP contribution is 2.29. The second-order valence-corrected chi connectivity index (χ2v) is 5.35. The van der Waals surface area contributed by atoms with Crippen molar-refractivity contribution >= 4 is 11.6 Å². The number of benzene rings is 1. The van der Waals surface area contributed by atoms with Crippen LogP contribution in [-0.2, 0) is 13.0 Å². The molecule has 0 fully saturated rings. The fraction of sp³-hybridized carbons (Fsp3) is 0.400. The normalized spacial score (nSPS) is 12.7. The smallest absolute Gasteiger partial charge is 0.134 e. The molecule has 0 spiro atoms. The summed E-state index contributed by atoms with van der Waals surface area (Å²) in [5, 5.41) is 14.9. The number of aryl methyl sites for hydroxylation is 3. The third kappa shape index (κ3) is 2.94. The Morgan fingerprint density at radius 3 is 2.62 bits per heavy atom. The highest BCUT2D eigenvalue weighted by molar-refractivity contribution is 6.31. The number of hydrogen-bond acceptors (Lipinski definition) is 2. The summed E-state index contributed by atoms with van der Waals surface area (Å²) >= 11 is 6.15. The zero-order valence-electron chi connectivity index (χ0n) is 12.1. The standard InChI is InChI=1S/C15H17ClF2N2O/c1-4-20-11(14(16)9(3)19-20)7-12(21)13-10(17)6-5-8(2)15(13)18/h5-6,12,21H,4,7H2,1-3H3. The van der Waals surface area contributed by atoms with Crippen LogP contribution in [0.5, 0.6) is 0 Å². The summed E-state index contributed by atoms with van der Waals surface area (Å²) in [6.45, 7) is 5.72. The molecule has 1 aromatic carbocycles. The van der Waals surface area contributed by atoms with Crippen molar-refractivity contribution in [3.8, 4) is 0 Å². The van der Waals surface area contributed by atoms with Gasteiger partial charge >= 0.3 is 0 Å². The molecule has 0 saturated carbocycles. The van der Waals surface area contributed by atoms with Crippen LogP contribution in [0.3, 0.4) is 0 Å². The molecule has 1 aromatic heterocycles. The Labute approximate surface area is 127 Å². The van der Waals surface area contributed by atoms with E-state index in [1.807, 2.05) is 6.92 Å². The van der Waals surface area contributed by atoms with E-state index in [9.17, 15) is 13.9 Å². The summed E-state index contributed by atoms with van der Waals surface area (Å²) < 4.78 is 29.5. The maximum absolute atomic E-state index is 14.0. The lowest BCUT2D eigenvalue weighted by atomic mass is 10.0. The molecule has 0 aliphatic rings. The highest BCUT2D eigenvalue weighted by atomic mass is 35.5. The Bertz CT molecular complexity index is 670. The number of hydrogen-bond donors (Lipinski definition) is 1. The summed E-state index contributed by atoms with van der Waals surface area (Å²) in [4.78, 5) is 0. The number of aromatic nitrogens is 2. The third-order valence-corrected chi connectivity index (χ3v) is 3.98. The van der Waals surface area contributed by atoms with Crippen LogP contribution in [0.15, 0.2) is 12.1 Å². The topological polar surface area (TPSA) is 38.0 Å². The van der Waals surface area contributed by atoms with Crippen LogP contribution in [-0.4, -0.2) is 14.9 Å².